The van der Waals surface area contributed by atoms with E-state index in [0.29, 0.717) is 0 Å². The maximum Gasteiger partial charge on any atom is 0.0621 e. The van der Waals surface area contributed by atoms with Gasteiger partial charge < -0.3 is 0 Å². The minimum Gasteiger partial charge on any atom is -0.269 e. The van der Waals surface area contributed by atoms with Crippen LogP contribution in [0.2, 0.25) is 0 Å². The van der Waals surface area contributed by atoms with E-state index >= 15 is 0 Å². The molecule has 0 unspecified atom stereocenters. The van der Waals surface area contributed by atoms with Gasteiger partial charge in [-0.15, -0.1) is 0 Å². The summed E-state index contributed by atoms with van der Waals surface area (Å²) >= 11 is 0. The first-order valence-electron chi connectivity index (χ1n) is 4.44. The van der Waals surface area contributed by atoms with Gasteiger partial charge in [0.1, 0.15) is 0 Å². The van der Waals surface area contributed by atoms with Gasteiger partial charge in [0.15, 0.2) is 0 Å². The fourth-order valence-corrected chi connectivity index (χ4v) is 1.42. The maximum atomic E-state index is 4.47. The molecule has 0 atom stereocenters. The van der Waals surface area contributed by atoms with Gasteiger partial charge in [0.05, 0.1) is 11.7 Å². The number of hydrogen-bond donors (Lipinski definition) is 0. The number of aryl methyl sites for hydroxylation is 1. The number of nitrogens with zero attached hydrogens (tertiary/aromatic N) is 2. The Morgan fingerprint density at radius 3 is 2.91 bits per heavy atom. The molecular formula is C9H14N2. The van der Waals surface area contributed by atoms with Gasteiger partial charge in [0.2, 0.25) is 0 Å². The Morgan fingerprint density at radius 2 is 2.45 bits per heavy atom. The molecule has 1 aromatic heterocycles. The van der Waals surface area contributed by atoms with Crippen molar-refractivity contribution in [2.45, 2.75) is 38.6 Å². The first kappa shape index (κ1) is 6.89. The molecule has 11 heavy (non-hydrogen) atoms. The predicted octanol–water partition coefficient (Wildman–Crippen LogP) is 2.17. The Morgan fingerprint density at radius 1 is 1.64 bits per heavy atom. The van der Waals surface area contributed by atoms with Crippen LogP contribution in [0.3, 0.4) is 0 Å². The van der Waals surface area contributed by atoms with Crippen molar-refractivity contribution < 1.29 is 0 Å². The van der Waals surface area contributed by atoms with Crippen LogP contribution in [0, 0.1) is 0 Å². The predicted molar refractivity (Wildman–Crippen MR) is 44.5 cm³/mol. The maximum absolute atomic E-state index is 4.47. The molecule has 2 nitrogen and oxygen atoms in total. The molecule has 1 aliphatic carbocycles. The van der Waals surface area contributed by atoms with Crippen molar-refractivity contribution in [3.63, 3.8) is 0 Å². The van der Waals surface area contributed by atoms with E-state index in [0.717, 1.165) is 12.5 Å². The Kier molecular flexibility index (Phi) is 1.68. The normalized spacial score (nSPS) is 18.3. The quantitative estimate of drug-likeness (QED) is 0.631. The summed E-state index contributed by atoms with van der Waals surface area (Å²) in [6, 6.07) is 2.84. The van der Waals surface area contributed by atoms with Gasteiger partial charge in [0, 0.05) is 6.20 Å². The third kappa shape index (κ3) is 1.17. The lowest BCUT2D eigenvalue weighted by molar-refractivity contribution is 0.288. The van der Waals surface area contributed by atoms with E-state index in [4.69, 9.17) is 0 Å². The molecule has 1 fully saturated rings. The van der Waals surface area contributed by atoms with Gasteiger partial charge in [-0.2, -0.15) is 5.10 Å². The van der Waals surface area contributed by atoms with Crippen LogP contribution >= 0.6 is 0 Å². The standard InChI is InChI=1S/C9H14N2/c1-2-8-6-7-11(10-8)9-4-3-5-9/h6-7,9H,2-5H2,1H3. The van der Waals surface area contributed by atoms with Crippen LogP contribution in [0.15, 0.2) is 12.3 Å². The van der Waals surface area contributed by atoms with Crippen molar-refractivity contribution in [3.05, 3.63) is 18.0 Å². The van der Waals surface area contributed by atoms with Gasteiger partial charge in [-0.1, -0.05) is 6.92 Å². The van der Waals surface area contributed by atoms with E-state index in [1.54, 1.807) is 0 Å². The summed E-state index contributed by atoms with van der Waals surface area (Å²) in [7, 11) is 0. The van der Waals surface area contributed by atoms with E-state index in [1.165, 1.54) is 25.0 Å². The molecule has 0 N–H and O–H groups in total. The van der Waals surface area contributed by atoms with Crippen molar-refractivity contribution in [3.8, 4) is 0 Å². The van der Waals surface area contributed by atoms with Crippen molar-refractivity contribution in [1.29, 1.82) is 0 Å². The molecule has 0 spiro atoms. The number of aromatic nitrogens is 2. The Bertz CT molecular complexity index is 235. The molecule has 1 saturated carbocycles. The Balaban J connectivity index is 2.11. The highest BCUT2D eigenvalue weighted by Crippen LogP contribution is 2.30. The summed E-state index contributed by atoms with van der Waals surface area (Å²) in [5, 5.41) is 4.47. The zero-order chi connectivity index (χ0) is 7.68. The molecule has 0 aromatic carbocycles. The number of rotatable bonds is 2. The van der Waals surface area contributed by atoms with E-state index in [-0.39, 0.29) is 0 Å². The average Bonchev–Trinajstić information content (AvgIpc) is 2.32. The van der Waals surface area contributed by atoms with Gasteiger partial charge in [0.25, 0.3) is 0 Å². The zero-order valence-electron chi connectivity index (χ0n) is 6.95. The Hall–Kier alpha value is -0.790. The summed E-state index contributed by atoms with van der Waals surface area (Å²) in [5.74, 6) is 0. The lowest BCUT2D eigenvalue weighted by Crippen LogP contribution is -2.17. The second-order valence-corrected chi connectivity index (χ2v) is 3.23. The minimum atomic E-state index is 0.718. The highest BCUT2D eigenvalue weighted by Gasteiger charge is 2.19. The first-order valence-corrected chi connectivity index (χ1v) is 4.44. The van der Waals surface area contributed by atoms with Crippen molar-refractivity contribution in [2.75, 3.05) is 0 Å². The zero-order valence-corrected chi connectivity index (χ0v) is 6.95. The molecule has 2 rings (SSSR count). The lowest BCUT2D eigenvalue weighted by atomic mass is 9.93. The molecule has 0 radical (unpaired) electrons. The molecule has 0 aliphatic heterocycles. The highest BCUT2D eigenvalue weighted by molar-refractivity contribution is 4.99. The van der Waals surface area contributed by atoms with Crippen LogP contribution in [-0.2, 0) is 6.42 Å². The van der Waals surface area contributed by atoms with Crippen LogP contribution < -0.4 is 0 Å². The first-order chi connectivity index (χ1) is 5.40. The fraction of sp³-hybridized carbons (Fsp3) is 0.667. The monoisotopic (exact) mass is 150 g/mol. The fourth-order valence-electron chi connectivity index (χ4n) is 1.42. The molecule has 1 aliphatic rings. The summed E-state index contributed by atoms with van der Waals surface area (Å²) in [4.78, 5) is 0. The third-order valence-corrected chi connectivity index (χ3v) is 2.47. The molecule has 1 aromatic rings. The van der Waals surface area contributed by atoms with E-state index in [1.807, 2.05) is 0 Å². The largest absolute Gasteiger partial charge is 0.269 e. The van der Waals surface area contributed by atoms with Gasteiger partial charge in [-0.3, -0.25) is 4.68 Å². The summed E-state index contributed by atoms with van der Waals surface area (Å²) in [6.45, 7) is 2.15. The SMILES string of the molecule is CCc1ccn(C2CCC2)n1. The molecule has 2 heteroatoms. The lowest BCUT2D eigenvalue weighted by Gasteiger charge is -2.25. The van der Waals surface area contributed by atoms with Crippen molar-refractivity contribution in [1.82, 2.24) is 9.78 Å². The van der Waals surface area contributed by atoms with Crippen LogP contribution in [0.4, 0.5) is 0 Å². The summed E-state index contributed by atoms with van der Waals surface area (Å²) in [6.07, 6.45) is 7.20. The summed E-state index contributed by atoms with van der Waals surface area (Å²) in [5.41, 5.74) is 1.22. The Labute approximate surface area is 67.2 Å². The molecule has 0 bridgehead atoms. The van der Waals surface area contributed by atoms with E-state index in [2.05, 4.69) is 29.0 Å². The smallest absolute Gasteiger partial charge is 0.0621 e. The molecule has 1 heterocycles. The van der Waals surface area contributed by atoms with Crippen LogP contribution in [0.25, 0.3) is 0 Å². The van der Waals surface area contributed by atoms with Crippen LogP contribution in [0.5, 0.6) is 0 Å². The van der Waals surface area contributed by atoms with Crippen LogP contribution in [0.1, 0.15) is 37.9 Å². The average molecular weight is 150 g/mol. The second kappa shape index (κ2) is 2.68. The second-order valence-electron chi connectivity index (χ2n) is 3.23. The number of hydrogen-bond acceptors (Lipinski definition) is 1. The van der Waals surface area contributed by atoms with Crippen LogP contribution in [-0.4, -0.2) is 9.78 Å². The molecule has 60 valence electrons. The summed E-state index contributed by atoms with van der Waals surface area (Å²) < 4.78 is 2.13. The highest BCUT2D eigenvalue weighted by atomic mass is 15.3. The van der Waals surface area contributed by atoms with Gasteiger partial charge in [-0.05, 0) is 31.7 Å². The van der Waals surface area contributed by atoms with E-state index in [9.17, 15) is 0 Å². The molecule has 0 saturated heterocycles. The van der Waals surface area contributed by atoms with Crippen molar-refractivity contribution >= 4 is 0 Å². The molecular weight excluding hydrogens is 136 g/mol. The van der Waals surface area contributed by atoms with Crippen molar-refractivity contribution in [2.24, 2.45) is 0 Å². The third-order valence-electron chi connectivity index (χ3n) is 2.47. The van der Waals surface area contributed by atoms with Gasteiger partial charge >= 0.3 is 0 Å². The van der Waals surface area contributed by atoms with E-state index < -0.39 is 0 Å². The topological polar surface area (TPSA) is 17.8 Å². The molecule has 0 amide bonds. The minimum absolute atomic E-state index is 0.718. The van der Waals surface area contributed by atoms with Gasteiger partial charge in [-0.25, -0.2) is 0 Å².